The van der Waals surface area contributed by atoms with Gasteiger partial charge in [-0.25, -0.2) is 13.9 Å². The molecule has 0 amide bonds. The lowest BCUT2D eigenvalue weighted by molar-refractivity contribution is -0.687. The van der Waals surface area contributed by atoms with Crippen molar-refractivity contribution < 1.29 is 14.1 Å². The number of esters is 1. The highest BCUT2D eigenvalue weighted by molar-refractivity contribution is 5.69. The highest BCUT2D eigenvalue weighted by Gasteiger charge is 2.41. The number of benzene rings is 1. The van der Waals surface area contributed by atoms with Gasteiger partial charge in [0.2, 0.25) is 6.33 Å². The van der Waals surface area contributed by atoms with E-state index >= 15 is 0 Å². The van der Waals surface area contributed by atoms with Crippen LogP contribution in [0.25, 0.3) is 0 Å². The van der Waals surface area contributed by atoms with Crippen molar-refractivity contribution in [1.29, 1.82) is 0 Å². The second-order valence-electron chi connectivity index (χ2n) is 9.76. The van der Waals surface area contributed by atoms with Crippen LogP contribution in [0.2, 0.25) is 0 Å². The quantitative estimate of drug-likeness (QED) is 0.511. The van der Waals surface area contributed by atoms with E-state index in [1.165, 1.54) is 11.1 Å². The molecule has 3 rings (SSSR count). The number of hydrogen-bond donors (Lipinski definition) is 0. The molecule has 0 atom stereocenters. The summed E-state index contributed by atoms with van der Waals surface area (Å²) in [5, 5.41) is 13.6. The van der Waals surface area contributed by atoms with Gasteiger partial charge in [-0.1, -0.05) is 37.6 Å². The molecule has 1 fully saturated rings. The van der Waals surface area contributed by atoms with Gasteiger partial charge >= 0.3 is 5.97 Å². The number of aromatic nitrogens is 2. The van der Waals surface area contributed by atoms with E-state index in [9.17, 15) is 10.0 Å². The van der Waals surface area contributed by atoms with Gasteiger partial charge in [-0.3, -0.25) is 0 Å². The number of rotatable bonds is 7. The van der Waals surface area contributed by atoms with Crippen LogP contribution >= 0.6 is 0 Å². The maximum absolute atomic E-state index is 12.5. The van der Waals surface area contributed by atoms with Gasteiger partial charge in [-0.2, -0.15) is 0 Å². The zero-order valence-electron chi connectivity index (χ0n) is 18.9. The van der Waals surface area contributed by atoms with Gasteiger partial charge < -0.3 is 15.0 Å². The summed E-state index contributed by atoms with van der Waals surface area (Å²) in [5.74, 6) is -0.266. The number of nitrogens with zero attached hydrogens (tertiary/aromatic N) is 3. The molecule has 1 aromatic heterocycles. The molecule has 6 nitrogen and oxygen atoms in total. The molecule has 164 valence electrons. The number of carbonyl (C=O) groups is 1. The fourth-order valence-corrected chi connectivity index (χ4v) is 4.56. The molecule has 1 aliphatic rings. The Kier molecular flexibility index (Phi) is 6.68. The largest absolute Gasteiger partial charge is 0.784 e. The van der Waals surface area contributed by atoms with Gasteiger partial charge in [-0.05, 0) is 45.2 Å². The molecule has 0 aliphatic carbocycles. The number of imidazole rings is 1. The summed E-state index contributed by atoms with van der Waals surface area (Å²) < 4.78 is 9.64. The number of hydroxylamine groups is 2. The third-order valence-electron chi connectivity index (χ3n) is 5.84. The molecule has 1 aromatic carbocycles. The van der Waals surface area contributed by atoms with E-state index in [1.807, 2.05) is 51.0 Å². The molecule has 1 saturated heterocycles. The van der Waals surface area contributed by atoms with E-state index in [4.69, 9.17) is 4.74 Å². The van der Waals surface area contributed by atoms with E-state index in [-0.39, 0.29) is 18.6 Å². The van der Waals surface area contributed by atoms with Crippen molar-refractivity contribution in [3.63, 3.8) is 0 Å². The molecule has 0 saturated carbocycles. The monoisotopic (exact) mass is 413 g/mol. The zero-order valence-corrected chi connectivity index (χ0v) is 18.9. The van der Waals surface area contributed by atoms with Crippen LogP contribution in [0.3, 0.4) is 0 Å². The molecular formula is C24H35N3O3. The van der Waals surface area contributed by atoms with E-state index in [1.54, 1.807) is 0 Å². The summed E-state index contributed by atoms with van der Waals surface area (Å²) >= 11 is 0. The normalized spacial score (nSPS) is 19.0. The highest BCUT2D eigenvalue weighted by atomic mass is 16.5. The second kappa shape index (κ2) is 8.90. The van der Waals surface area contributed by atoms with Gasteiger partial charge in [0.05, 0.1) is 0 Å². The Labute approximate surface area is 180 Å². The van der Waals surface area contributed by atoms with Crippen LogP contribution in [-0.2, 0) is 29.0 Å². The van der Waals surface area contributed by atoms with E-state index < -0.39 is 11.1 Å². The van der Waals surface area contributed by atoms with Gasteiger partial charge in [-0.15, -0.1) is 0 Å². The van der Waals surface area contributed by atoms with Crippen molar-refractivity contribution in [1.82, 2.24) is 9.63 Å². The number of ether oxygens (including phenoxy) is 1. The standard InChI is InChI=1S/C24H35N3O3/c1-6-7-19-8-10-20(11-9-19)16-25-12-13-26(18-25)17-22(28)30-21-14-23(2,3)27(29)24(4,5)15-21/h8-13,18,21H,6-7,14-17H2,1-5H3. The zero-order chi connectivity index (χ0) is 21.9. The van der Waals surface area contributed by atoms with Crippen molar-refractivity contribution >= 4 is 5.97 Å². The summed E-state index contributed by atoms with van der Waals surface area (Å²) in [6.07, 6.45) is 8.89. The summed E-state index contributed by atoms with van der Waals surface area (Å²) in [6.45, 7) is 10.7. The molecule has 0 spiro atoms. The van der Waals surface area contributed by atoms with Crippen LogP contribution < -0.4 is 4.57 Å². The number of aryl methyl sites for hydroxylation is 1. The van der Waals surface area contributed by atoms with Crippen LogP contribution in [0, 0.1) is 5.21 Å². The molecule has 0 unspecified atom stereocenters. The fourth-order valence-electron chi connectivity index (χ4n) is 4.56. The predicted molar refractivity (Wildman–Crippen MR) is 117 cm³/mol. The van der Waals surface area contributed by atoms with Crippen LogP contribution in [0.5, 0.6) is 0 Å². The average Bonchev–Trinajstić information content (AvgIpc) is 3.07. The van der Waals surface area contributed by atoms with Crippen LogP contribution in [0.4, 0.5) is 0 Å². The molecule has 1 aliphatic heterocycles. The summed E-state index contributed by atoms with van der Waals surface area (Å²) in [4.78, 5) is 12.5. The second-order valence-corrected chi connectivity index (χ2v) is 9.76. The maximum Gasteiger partial charge on any atom is 0.348 e. The first-order chi connectivity index (χ1) is 14.1. The molecule has 2 aromatic rings. The van der Waals surface area contributed by atoms with Crippen molar-refractivity contribution in [2.24, 2.45) is 0 Å². The number of piperidine rings is 1. The first kappa shape index (κ1) is 22.5. The summed E-state index contributed by atoms with van der Waals surface area (Å²) in [6, 6.07) is 8.69. The minimum atomic E-state index is -0.546. The van der Waals surface area contributed by atoms with Gasteiger partial charge in [0.25, 0.3) is 0 Å². The highest BCUT2D eigenvalue weighted by Crippen LogP contribution is 2.38. The third-order valence-corrected chi connectivity index (χ3v) is 5.84. The summed E-state index contributed by atoms with van der Waals surface area (Å²) in [5.41, 5.74) is 1.50. The van der Waals surface area contributed by atoms with E-state index in [0.29, 0.717) is 12.8 Å². The van der Waals surface area contributed by atoms with Gasteiger partial charge in [0.15, 0.2) is 6.54 Å². The minimum absolute atomic E-state index is 0.168. The van der Waals surface area contributed by atoms with Crippen LogP contribution in [-0.4, -0.2) is 32.8 Å². The maximum atomic E-state index is 12.5. The number of carbonyl (C=O) groups excluding carboxylic acids is 1. The Morgan fingerprint density at radius 3 is 2.33 bits per heavy atom. The van der Waals surface area contributed by atoms with Gasteiger partial charge in [0.1, 0.15) is 25.0 Å². The van der Waals surface area contributed by atoms with Crippen molar-refractivity contribution in [3.8, 4) is 0 Å². The lowest BCUT2D eigenvalue weighted by Crippen LogP contribution is -2.59. The van der Waals surface area contributed by atoms with Crippen LogP contribution in [0.1, 0.15) is 65.0 Å². The molecule has 30 heavy (non-hydrogen) atoms. The Morgan fingerprint density at radius 1 is 1.13 bits per heavy atom. The van der Waals surface area contributed by atoms with Crippen molar-refractivity contribution in [3.05, 3.63) is 59.3 Å². The Balaban J connectivity index is 1.54. The third kappa shape index (κ3) is 5.49. The molecule has 6 heteroatoms. The molecule has 2 heterocycles. The Bertz CT molecular complexity index is 837. The van der Waals surface area contributed by atoms with Crippen molar-refractivity contribution in [2.45, 2.75) is 90.6 Å². The lowest BCUT2D eigenvalue weighted by Gasteiger charge is -2.59. The minimum Gasteiger partial charge on any atom is -0.784 e. The predicted octanol–water partition coefficient (Wildman–Crippen LogP) is 3.84. The smallest absolute Gasteiger partial charge is 0.348 e. The van der Waals surface area contributed by atoms with Crippen molar-refractivity contribution in [2.75, 3.05) is 0 Å². The average molecular weight is 414 g/mol. The number of hydrogen-bond acceptors (Lipinski definition) is 4. The first-order valence-electron chi connectivity index (χ1n) is 10.9. The Morgan fingerprint density at radius 2 is 1.73 bits per heavy atom. The van der Waals surface area contributed by atoms with Gasteiger partial charge in [0, 0.05) is 23.9 Å². The lowest BCUT2D eigenvalue weighted by atomic mass is 9.80. The van der Waals surface area contributed by atoms with E-state index in [2.05, 4.69) is 35.8 Å². The first-order valence-corrected chi connectivity index (χ1v) is 10.9. The Hall–Kier alpha value is -2.18. The SMILES string of the molecule is CCCc1ccc(C[n+]2ccn(CC(=O)OC3CC(C)(C)N([O-])C(C)(C)C3)c2)cc1. The van der Waals surface area contributed by atoms with Crippen LogP contribution in [0.15, 0.2) is 43.0 Å². The summed E-state index contributed by atoms with van der Waals surface area (Å²) in [7, 11) is 0. The molecule has 0 N–H and O–H groups in total. The van der Waals surface area contributed by atoms with E-state index in [0.717, 1.165) is 24.4 Å². The molecule has 0 bridgehead atoms. The molecule has 0 radical (unpaired) electrons. The molecular weight excluding hydrogens is 378 g/mol. The topological polar surface area (TPSA) is 61.4 Å². The fraction of sp³-hybridized carbons (Fsp3) is 0.583.